The van der Waals surface area contributed by atoms with E-state index in [0.29, 0.717) is 32.6 Å². The summed E-state index contributed by atoms with van der Waals surface area (Å²) < 4.78 is 18.7. The molecular weight excluding hydrogens is 339 g/mol. The molecule has 0 N–H and O–H groups in total. The molecule has 3 rings (SSSR count). The molecule has 0 aliphatic carbocycles. The van der Waals surface area contributed by atoms with Gasteiger partial charge in [-0.15, -0.1) is 0 Å². The Kier molecular flexibility index (Phi) is 5.40. The average Bonchev–Trinajstić information content (AvgIpc) is 2.93. The third-order valence-corrected chi connectivity index (χ3v) is 4.25. The molecule has 2 aromatic rings. The van der Waals surface area contributed by atoms with Crippen molar-refractivity contribution < 1.29 is 18.7 Å². The molecule has 1 saturated heterocycles. The summed E-state index contributed by atoms with van der Waals surface area (Å²) in [6.45, 7) is 1.78. The minimum absolute atomic E-state index is 0.0955. The second-order valence-corrected chi connectivity index (χ2v) is 5.88. The lowest BCUT2D eigenvalue weighted by molar-refractivity contribution is 0.0715. The summed E-state index contributed by atoms with van der Waals surface area (Å²) in [5.41, 5.74) is 0.543. The van der Waals surface area contributed by atoms with Crippen molar-refractivity contribution >= 4 is 11.8 Å². The Morgan fingerprint density at radius 3 is 2.42 bits per heavy atom. The van der Waals surface area contributed by atoms with Crippen LogP contribution in [0.4, 0.5) is 4.39 Å². The van der Waals surface area contributed by atoms with Crippen LogP contribution in [-0.2, 0) is 0 Å². The maximum absolute atomic E-state index is 13.9. The summed E-state index contributed by atoms with van der Waals surface area (Å²) >= 11 is 0. The Morgan fingerprint density at radius 2 is 1.81 bits per heavy atom. The summed E-state index contributed by atoms with van der Waals surface area (Å²) in [5.74, 6) is -0.950. The van der Waals surface area contributed by atoms with Crippen LogP contribution in [0.5, 0.6) is 5.75 Å². The van der Waals surface area contributed by atoms with Crippen molar-refractivity contribution in [2.45, 2.75) is 6.42 Å². The maximum Gasteiger partial charge on any atom is 0.274 e. The van der Waals surface area contributed by atoms with Gasteiger partial charge in [-0.25, -0.2) is 9.37 Å². The number of rotatable bonds is 3. The Labute approximate surface area is 150 Å². The van der Waals surface area contributed by atoms with Gasteiger partial charge in [0.1, 0.15) is 5.69 Å². The van der Waals surface area contributed by atoms with Crippen LogP contribution in [0.2, 0.25) is 0 Å². The van der Waals surface area contributed by atoms with Gasteiger partial charge in [-0.05, 0) is 24.6 Å². The lowest BCUT2D eigenvalue weighted by Crippen LogP contribution is -2.37. The number of benzene rings is 1. The predicted octanol–water partition coefficient (Wildman–Crippen LogP) is 1.61. The summed E-state index contributed by atoms with van der Waals surface area (Å²) in [7, 11) is 1.37. The largest absolute Gasteiger partial charge is 0.494 e. The van der Waals surface area contributed by atoms with Crippen LogP contribution in [0.25, 0.3) is 0 Å². The van der Waals surface area contributed by atoms with Crippen molar-refractivity contribution in [3.63, 3.8) is 0 Å². The number of ether oxygens (including phenoxy) is 1. The van der Waals surface area contributed by atoms with Gasteiger partial charge in [0, 0.05) is 44.1 Å². The van der Waals surface area contributed by atoms with E-state index >= 15 is 0 Å². The van der Waals surface area contributed by atoms with E-state index in [1.165, 1.54) is 43.9 Å². The summed E-state index contributed by atoms with van der Waals surface area (Å²) in [6.07, 6.45) is 5.04. The van der Waals surface area contributed by atoms with Crippen molar-refractivity contribution in [1.82, 2.24) is 19.8 Å². The first-order chi connectivity index (χ1) is 12.6. The lowest BCUT2D eigenvalue weighted by atomic mass is 10.1. The summed E-state index contributed by atoms with van der Waals surface area (Å²) in [5, 5.41) is 0. The number of carbonyl (C=O) groups excluding carboxylic acids is 2. The zero-order chi connectivity index (χ0) is 18.5. The molecule has 136 valence electrons. The molecule has 2 heterocycles. The Bertz CT molecular complexity index is 800. The molecule has 1 aliphatic heterocycles. The Hall–Kier alpha value is -3.03. The normalized spacial score (nSPS) is 14.7. The van der Waals surface area contributed by atoms with E-state index in [4.69, 9.17) is 4.74 Å². The van der Waals surface area contributed by atoms with Crippen molar-refractivity contribution in [2.24, 2.45) is 0 Å². The average molecular weight is 358 g/mol. The van der Waals surface area contributed by atoms with Gasteiger partial charge in [0.05, 0.1) is 13.3 Å². The van der Waals surface area contributed by atoms with Gasteiger partial charge < -0.3 is 14.5 Å². The highest BCUT2D eigenvalue weighted by atomic mass is 19.1. The molecule has 0 saturated carbocycles. The smallest absolute Gasteiger partial charge is 0.274 e. The third-order valence-electron chi connectivity index (χ3n) is 4.25. The van der Waals surface area contributed by atoms with E-state index in [2.05, 4.69) is 9.97 Å². The maximum atomic E-state index is 13.9. The number of hydrogen-bond donors (Lipinski definition) is 0. The first-order valence-electron chi connectivity index (χ1n) is 8.28. The van der Waals surface area contributed by atoms with Gasteiger partial charge in [0.2, 0.25) is 0 Å². The van der Waals surface area contributed by atoms with Gasteiger partial charge in [-0.2, -0.15) is 0 Å². The molecule has 0 bridgehead atoms. The number of carbonyl (C=O) groups is 2. The van der Waals surface area contributed by atoms with Crippen LogP contribution in [0, 0.1) is 5.82 Å². The van der Waals surface area contributed by atoms with Crippen molar-refractivity contribution in [2.75, 3.05) is 33.3 Å². The van der Waals surface area contributed by atoms with Gasteiger partial charge in [-0.1, -0.05) is 0 Å². The van der Waals surface area contributed by atoms with Crippen LogP contribution in [0.1, 0.15) is 27.3 Å². The van der Waals surface area contributed by atoms with E-state index < -0.39 is 5.82 Å². The molecule has 26 heavy (non-hydrogen) atoms. The molecule has 0 radical (unpaired) electrons. The van der Waals surface area contributed by atoms with Crippen molar-refractivity contribution in [3.05, 3.63) is 53.9 Å². The fourth-order valence-electron chi connectivity index (χ4n) is 2.88. The van der Waals surface area contributed by atoms with Crippen molar-refractivity contribution in [3.8, 4) is 5.75 Å². The fraction of sp³-hybridized carbons (Fsp3) is 0.333. The number of aromatic nitrogens is 2. The molecule has 1 aliphatic rings. The van der Waals surface area contributed by atoms with Crippen LogP contribution in [0.15, 0.2) is 36.8 Å². The van der Waals surface area contributed by atoms with E-state index in [0.717, 1.165) is 0 Å². The monoisotopic (exact) mass is 358 g/mol. The molecule has 0 atom stereocenters. The number of nitrogens with zero attached hydrogens (tertiary/aromatic N) is 4. The second-order valence-electron chi connectivity index (χ2n) is 5.88. The molecule has 7 nitrogen and oxygen atoms in total. The SMILES string of the molecule is COc1ccc(C(=O)N2CCCN(C(=O)c3cnccn3)CC2)cc1F. The molecule has 0 unspecified atom stereocenters. The Balaban J connectivity index is 1.67. The van der Waals surface area contributed by atoms with Crippen molar-refractivity contribution in [1.29, 1.82) is 0 Å². The predicted molar refractivity (Wildman–Crippen MR) is 91.4 cm³/mol. The minimum Gasteiger partial charge on any atom is -0.494 e. The van der Waals surface area contributed by atoms with Crippen LogP contribution in [0.3, 0.4) is 0 Å². The first-order valence-corrected chi connectivity index (χ1v) is 8.28. The van der Waals surface area contributed by atoms with E-state index in [1.54, 1.807) is 9.80 Å². The minimum atomic E-state index is -0.576. The number of halogens is 1. The molecule has 8 heteroatoms. The molecule has 1 fully saturated rings. The lowest BCUT2D eigenvalue weighted by Gasteiger charge is -2.22. The van der Waals surface area contributed by atoms with Gasteiger partial charge in [0.15, 0.2) is 11.6 Å². The molecular formula is C18H19FN4O3. The third kappa shape index (κ3) is 3.79. The quantitative estimate of drug-likeness (QED) is 0.833. The second kappa shape index (κ2) is 7.90. The van der Waals surface area contributed by atoms with Gasteiger partial charge in [0.25, 0.3) is 11.8 Å². The highest BCUT2D eigenvalue weighted by Gasteiger charge is 2.24. The van der Waals surface area contributed by atoms with Gasteiger partial charge >= 0.3 is 0 Å². The Morgan fingerprint density at radius 1 is 1.08 bits per heavy atom. The fourth-order valence-corrected chi connectivity index (χ4v) is 2.88. The molecule has 0 spiro atoms. The van der Waals surface area contributed by atoms with E-state index in [-0.39, 0.29) is 28.8 Å². The standard InChI is InChI=1S/C18H19FN4O3/c1-26-16-4-3-13(11-14(16)19)17(24)22-7-2-8-23(10-9-22)18(25)15-12-20-5-6-21-15/h3-6,11-12H,2,7-10H2,1H3. The topological polar surface area (TPSA) is 75.6 Å². The zero-order valence-electron chi connectivity index (χ0n) is 14.4. The van der Waals surface area contributed by atoms with Gasteiger partial charge in [-0.3, -0.25) is 14.6 Å². The highest BCUT2D eigenvalue weighted by molar-refractivity contribution is 5.95. The number of methoxy groups -OCH3 is 1. The van der Waals surface area contributed by atoms with Crippen LogP contribution >= 0.6 is 0 Å². The summed E-state index contributed by atoms with van der Waals surface area (Å²) in [4.78, 5) is 36.3. The number of amides is 2. The first kappa shape index (κ1) is 17.8. The molecule has 2 amide bonds. The van der Waals surface area contributed by atoms with Crippen LogP contribution in [-0.4, -0.2) is 64.9 Å². The van der Waals surface area contributed by atoms with E-state index in [9.17, 15) is 14.0 Å². The highest BCUT2D eigenvalue weighted by Crippen LogP contribution is 2.19. The zero-order valence-corrected chi connectivity index (χ0v) is 14.4. The molecule has 1 aromatic heterocycles. The molecule has 1 aromatic carbocycles. The summed E-state index contributed by atoms with van der Waals surface area (Å²) in [6, 6.07) is 4.15. The number of hydrogen-bond acceptors (Lipinski definition) is 5. The van der Waals surface area contributed by atoms with Crippen LogP contribution < -0.4 is 4.74 Å². The van der Waals surface area contributed by atoms with E-state index in [1.807, 2.05) is 0 Å².